The third kappa shape index (κ3) is 4.38. The average molecular weight is 333 g/mol. The van der Waals surface area contributed by atoms with E-state index in [1.807, 2.05) is 44.2 Å². The van der Waals surface area contributed by atoms with Crippen LogP contribution in [0.5, 0.6) is 0 Å². The van der Waals surface area contributed by atoms with E-state index in [2.05, 4.69) is 25.6 Å². The lowest BCUT2D eigenvalue weighted by Crippen LogP contribution is -2.16. The highest BCUT2D eigenvalue weighted by Crippen LogP contribution is 2.17. The van der Waals surface area contributed by atoms with Crippen LogP contribution in [0.3, 0.4) is 0 Å². The van der Waals surface area contributed by atoms with Crippen molar-refractivity contribution in [3.05, 3.63) is 77.4 Å². The second kappa shape index (κ2) is 7.53. The molecule has 6 heteroatoms. The van der Waals surface area contributed by atoms with Crippen molar-refractivity contribution in [3.63, 3.8) is 0 Å². The predicted molar refractivity (Wildman–Crippen MR) is 97.5 cm³/mol. The highest BCUT2D eigenvalue weighted by atomic mass is 16.1. The topological polar surface area (TPSA) is 79.8 Å². The molecule has 2 heterocycles. The van der Waals surface area contributed by atoms with E-state index in [1.165, 1.54) is 0 Å². The van der Waals surface area contributed by atoms with Gasteiger partial charge in [0.15, 0.2) is 0 Å². The van der Waals surface area contributed by atoms with Crippen LogP contribution in [0.4, 0.5) is 11.6 Å². The molecule has 0 spiro atoms. The van der Waals surface area contributed by atoms with Crippen LogP contribution in [-0.2, 0) is 6.54 Å². The van der Waals surface area contributed by atoms with E-state index in [-0.39, 0.29) is 5.91 Å². The Bertz CT molecular complexity index is 880. The number of nitrogens with one attached hydrogen (secondary N) is 2. The quantitative estimate of drug-likeness (QED) is 0.748. The zero-order valence-corrected chi connectivity index (χ0v) is 14.2. The van der Waals surface area contributed by atoms with Crippen LogP contribution < -0.4 is 10.6 Å². The number of hydrogen-bond acceptors (Lipinski definition) is 5. The summed E-state index contributed by atoms with van der Waals surface area (Å²) in [4.78, 5) is 24.9. The van der Waals surface area contributed by atoms with Gasteiger partial charge in [0, 0.05) is 30.8 Å². The van der Waals surface area contributed by atoms with Gasteiger partial charge in [-0.1, -0.05) is 12.1 Å². The normalized spacial score (nSPS) is 10.3. The van der Waals surface area contributed by atoms with Crippen LogP contribution in [0.25, 0.3) is 0 Å². The molecular formula is C19H19N5O. The maximum atomic E-state index is 12.5. The fourth-order valence-corrected chi connectivity index (χ4v) is 2.31. The second-order valence-corrected chi connectivity index (χ2v) is 5.75. The van der Waals surface area contributed by atoms with Crippen molar-refractivity contribution in [1.29, 1.82) is 0 Å². The van der Waals surface area contributed by atoms with Crippen molar-refractivity contribution in [2.45, 2.75) is 20.4 Å². The number of anilines is 2. The standard InChI is InChI=1S/C19H19N5O/c1-13-3-4-14(2)17(11-13)23-18(25)16-7-10-21-19(24-16)22-12-15-5-8-20-9-6-15/h3-11H,12H2,1-2H3,(H,23,25)(H,21,22,24). The molecular weight excluding hydrogens is 314 g/mol. The van der Waals surface area contributed by atoms with Crippen molar-refractivity contribution < 1.29 is 4.79 Å². The number of hydrogen-bond donors (Lipinski definition) is 2. The molecule has 3 aromatic rings. The molecule has 0 aliphatic carbocycles. The molecule has 0 radical (unpaired) electrons. The van der Waals surface area contributed by atoms with Crippen LogP contribution in [0.15, 0.2) is 55.0 Å². The third-order valence-corrected chi connectivity index (χ3v) is 3.73. The molecule has 0 saturated carbocycles. The first kappa shape index (κ1) is 16.6. The summed E-state index contributed by atoms with van der Waals surface area (Å²) in [5.74, 6) is 0.147. The van der Waals surface area contributed by atoms with Crippen LogP contribution in [0.1, 0.15) is 27.2 Å². The van der Waals surface area contributed by atoms with Gasteiger partial charge < -0.3 is 10.6 Å². The van der Waals surface area contributed by atoms with Crippen molar-refractivity contribution in [2.24, 2.45) is 0 Å². The summed E-state index contributed by atoms with van der Waals surface area (Å²) in [6.07, 6.45) is 5.03. The molecule has 6 nitrogen and oxygen atoms in total. The molecule has 0 saturated heterocycles. The Balaban J connectivity index is 1.70. The molecule has 2 aromatic heterocycles. The summed E-state index contributed by atoms with van der Waals surface area (Å²) in [5.41, 5.74) is 4.25. The fraction of sp³-hybridized carbons (Fsp3) is 0.158. The van der Waals surface area contributed by atoms with E-state index in [1.54, 1.807) is 24.7 Å². The van der Waals surface area contributed by atoms with Crippen molar-refractivity contribution in [2.75, 3.05) is 10.6 Å². The Labute approximate surface area is 146 Å². The van der Waals surface area contributed by atoms with Gasteiger partial charge in [0.05, 0.1) is 0 Å². The van der Waals surface area contributed by atoms with Gasteiger partial charge in [-0.3, -0.25) is 9.78 Å². The lowest BCUT2D eigenvalue weighted by Gasteiger charge is -2.10. The molecule has 0 aliphatic rings. The van der Waals surface area contributed by atoms with E-state index < -0.39 is 0 Å². The minimum absolute atomic E-state index is 0.261. The Kier molecular flexibility index (Phi) is 4.99. The van der Waals surface area contributed by atoms with E-state index >= 15 is 0 Å². The molecule has 0 unspecified atom stereocenters. The first-order chi connectivity index (χ1) is 12.1. The molecule has 1 aromatic carbocycles. The summed E-state index contributed by atoms with van der Waals surface area (Å²) in [6.45, 7) is 4.50. The first-order valence-electron chi connectivity index (χ1n) is 7.96. The molecule has 0 fully saturated rings. The van der Waals surface area contributed by atoms with Gasteiger partial charge >= 0.3 is 0 Å². The van der Waals surface area contributed by atoms with E-state index in [9.17, 15) is 4.79 Å². The number of aryl methyl sites for hydroxylation is 2. The number of nitrogens with zero attached hydrogens (tertiary/aromatic N) is 3. The van der Waals surface area contributed by atoms with E-state index in [0.29, 0.717) is 18.2 Å². The predicted octanol–water partition coefficient (Wildman–Crippen LogP) is 3.35. The zero-order valence-electron chi connectivity index (χ0n) is 14.2. The molecule has 2 N–H and O–H groups in total. The average Bonchev–Trinajstić information content (AvgIpc) is 2.64. The molecule has 3 rings (SSSR count). The fourth-order valence-electron chi connectivity index (χ4n) is 2.31. The van der Waals surface area contributed by atoms with E-state index in [4.69, 9.17) is 0 Å². The molecule has 25 heavy (non-hydrogen) atoms. The Morgan fingerprint density at radius 3 is 2.64 bits per heavy atom. The minimum Gasteiger partial charge on any atom is -0.350 e. The minimum atomic E-state index is -0.261. The molecule has 0 atom stereocenters. The maximum Gasteiger partial charge on any atom is 0.274 e. The van der Waals surface area contributed by atoms with Gasteiger partial charge in [0.2, 0.25) is 5.95 Å². The number of pyridine rings is 1. The lowest BCUT2D eigenvalue weighted by molar-refractivity contribution is 0.102. The molecule has 0 bridgehead atoms. The van der Waals surface area contributed by atoms with Crippen LogP contribution in [0.2, 0.25) is 0 Å². The summed E-state index contributed by atoms with van der Waals surface area (Å²) >= 11 is 0. The smallest absolute Gasteiger partial charge is 0.274 e. The first-order valence-corrected chi connectivity index (χ1v) is 7.96. The highest BCUT2D eigenvalue weighted by molar-refractivity contribution is 6.03. The number of carbonyl (C=O) groups is 1. The number of amides is 1. The van der Waals surface area contributed by atoms with Crippen molar-refractivity contribution in [1.82, 2.24) is 15.0 Å². The van der Waals surface area contributed by atoms with Crippen molar-refractivity contribution in [3.8, 4) is 0 Å². The molecule has 0 aliphatic heterocycles. The zero-order chi connectivity index (χ0) is 17.6. The largest absolute Gasteiger partial charge is 0.350 e. The molecule has 126 valence electrons. The third-order valence-electron chi connectivity index (χ3n) is 3.73. The van der Waals surface area contributed by atoms with Gasteiger partial charge in [-0.2, -0.15) is 0 Å². The second-order valence-electron chi connectivity index (χ2n) is 5.75. The number of carbonyl (C=O) groups excluding carboxylic acids is 1. The van der Waals surface area contributed by atoms with Crippen LogP contribution in [0, 0.1) is 13.8 Å². The lowest BCUT2D eigenvalue weighted by atomic mass is 10.1. The van der Waals surface area contributed by atoms with Gasteiger partial charge in [0.25, 0.3) is 5.91 Å². The summed E-state index contributed by atoms with van der Waals surface area (Å²) < 4.78 is 0. The van der Waals surface area contributed by atoms with Crippen LogP contribution >= 0.6 is 0 Å². The summed E-state index contributed by atoms with van der Waals surface area (Å²) in [5, 5.41) is 6.01. The van der Waals surface area contributed by atoms with Gasteiger partial charge in [0.1, 0.15) is 5.69 Å². The van der Waals surface area contributed by atoms with Crippen molar-refractivity contribution >= 4 is 17.5 Å². The van der Waals surface area contributed by atoms with Gasteiger partial charge in [-0.05, 0) is 54.8 Å². The number of aromatic nitrogens is 3. The molecule has 1 amide bonds. The number of rotatable bonds is 5. The van der Waals surface area contributed by atoms with E-state index in [0.717, 1.165) is 22.4 Å². The van der Waals surface area contributed by atoms with Crippen LogP contribution in [-0.4, -0.2) is 20.9 Å². The summed E-state index contributed by atoms with van der Waals surface area (Å²) in [6, 6.07) is 11.3. The Morgan fingerprint density at radius 2 is 1.84 bits per heavy atom. The van der Waals surface area contributed by atoms with Gasteiger partial charge in [-0.25, -0.2) is 9.97 Å². The number of benzene rings is 1. The van der Waals surface area contributed by atoms with Gasteiger partial charge in [-0.15, -0.1) is 0 Å². The highest BCUT2D eigenvalue weighted by Gasteiger charge is 2.10. The maximum absolute atomic E-state index is 12.5. The summed E-state index contributed by atoms with van der Waals surface area (Å²) in [7, 11) is 0. The SMILES string of the molecule is Cc1ccc(C)c(NC(=O)c2ccnc(NCc3ccncc3)n2)c1. The Hall–Kier alpha value is -3.28. The monoisotopic (exact) mass is 333 g/mol. The Morgan fingerprint density at radius 1 is 1.04 bits per heavy atom.